The Balaban J connectivity index is 1.85. The molecule has 4 aromatic rings. The normalized spacial score (nSPS) is 10.8. The Morgan fingerprint density at radius 1 is 0.957 bits per heavy atom. The molecule has 0 spiro atoms. The molecule has 0 bridgehead atoms. The molecule has 2 aromatic heterocycles. The SMILES string of the molecule is Clc1cccc(Nc2ncnc3scc(-c4ccccc4)c23)c1. The van der Waals surface area contributed by atoms with E-state index in [9.17, 15) is 0 Å². The van der Waals surface area contributed by atoms with Crippen LogP contribution in [0.1, 0.15) is 0 Å². The lowest BCUT2D eigenvalue weighted by molar-refractivity contribution is 1.23. The summed E-state index contributed by atoms with van der Waals surface area (Å²) in [5.41, 5.74) is 3.20. The molecule has 4 rings (SSSR count). The van der Waals surface area contributed by atoms with Crippen LogP contribution in [0.4, 0.5) is 11.5 Å². The molecule has 1 N–H and O–H groups in total. The molecule has 23 heavy (non-hydrogen) atoms. The van der Waals surface area contributed by atoms with Gasteiger partial charge in [-0.3, -0.25) is 0 Å². The third kappa shape index (κ3) is 2.79. The van der Waals surface area contributed by atoms with Crippen molar-refractivity contribution >= 4 is 44.7 Å². The summed E-state index contributed by atoms with van der Waals surface area (Å²) in [6.07, 6.45) is 1.58. The molecule has 0 amide bonds. The lowest BCUT2D eigenvalue weighted by Crippen LogP contribution is -1.95. The van der Waals surface area contributed by atoms with Crippen molar-refractivity contribution in [1.29, 1.82) is 0 Å². The summed E-state index contributed by atoms with van der Waals surface area (Å²) in [4.78, 5) is 9.78. The summed E-state index contributed by atoms with van der Waals surface area (Å²) >= 11 is 7.68. The van der Waals surface area contributed by atoms with Gasteiger partial charge in [-0.05, 0) is 23.8 Å². The minimum atomic E-state index is 0.689. The van der Waals surface area contributed by atoms with Crippen molar-refractivity contribution in [2.75, 3.05) is 5.32 Å². The molecule has 0 radical (unpaired) electrons. The van der Waals surface area contributed by atoms with Crippen molar-refractivity contribution < 1.29 is 0 Å². The van der Waals surface area contributed by atoms with E-state index in [1.807, 2.05) is 42.5 Å². The van der Waals surface area contributed by atoms with Gasteiger partial charge in [0.15, 0.2) is 0 Å². The zero-order chi connectivity index (χ0) is 15.6. The maximum absolute atomic E-state index is 6.06. The van der Waals surface area contributed by atoms with Gasteiger partial charge < -0.3 is 5.32 Å². The van der Waals surface area contributed by atoms with Gasteiger partial charge in [0, 0.05) is 21.7 Å². The second-order valence-electron chi connectivity index (χ2n) is 5.05. The number of aromatic nitrogens is 2. The number of halogens is 1. The van der Waals surface area contributed by atoms with Gasteiger partial charge in [-0.25, -0.2) is 9.97 Å². The van der Waals surface area contributed by atoms with Gasteiger partial charge in [0.1, 0.15) is 17.0 Å². The maximum atomic E-state index is 6.06. The van der Waals surface area contributed by atoms with E-state index >= 15 is 0 Å². The van der Waals surface area contributed by atoms with Gasteiger partial charge in [-0.1, -0.05) is 48.0 Å². The van der Waals surface area contributed by atoms with E-state index in [0.29, 0.717) is 5.02 Å². The van der Waals surface area contributed by atoms with Crippen LogP contribution in [0.2, 0.25) is 5.02 Å². The Morgan fingerprint density at radius 3 is 2.65 bits per heavy atom. The Hall–Kier alpha value is -2.43. The van der Waals surface area contributed by atoms with Gasteiger partial charge >= 0.3 is 0 Å². The monoisotopic (exact) mass is 337 g/mol. The van der Waals surface area contributed by atoms with E-state index < -0.39 is 0 Å². The zero-order valence-electron chi connectivity index (χ0n) is 12.0. The van der Waals surface area contributed by atoms with Crippen LogP contribution < -0.4 is 5.32 Å². The number of nitrogens with one attached hydrogen (secondary N) is 1. The molecule has 3 nitrogen and oxygen atoms in total. The number of thiophene rings is 1. The molecule has 0 fully saturated rings. The summed E-state index contributed by atoms with van der Waals surface area (Å²) in [5.74, 6) is 0.789. The average Bonchev–Trinajstić information content (AvgIpc) is 3.01. The van der Waals surface area contributed by atoms with E-state index in [4.69, 9.17) is 11.6 Å². The fourth-order valence-corrected chi connectivity index (χ4v) is 3.61. The molecular formula is C18H12ClN3S. The Morgan fingerprint density at radius 2 is 1.83 bits per heavy atom. The van der Waals surface area contributed by atoms with Crippen molar-refractivity contribution in [2.24, 2.45) is 0 Å². The fourth-order valence-electron chi connectivity index (χ4n) is 2.50. The zero-order valence-corrected chi connectivity index (χ0v) is 13.6. The minimum absolute atomic E-state index is 0.689. The van der Waals surface area contributed by atoms with Crippen molar-refractivity contribution in [3.63, 3.8) is 0 Å². The first-order valence-electron chi connectivity index (χ1n) is 7.11. The Bertz CT molecular complexity index is 966. The average molecular weight is 338 g/mol. The van der Waals surface area contributed by atoms with Crippen LogP contribution in [0.5, 0.6) is 0 Å². The molecule has 5 heteroatoms. The number of hydrogen-bond acceptors (Lipinski definition) is 4. The van der Waals surface area contributed by atoms with Gasteiger partial charge in [-0.15, -0.1) is 11.3 Å². The summed E-state index contributed by atoms with van der Waals surface area (Å²) in [7, 11) is 0. The predicted molar refractivity (Wildman–Crippen MR) is 97.6 cm³/mol. The summed E-state index contributed by atoms with van der Waals surface area (Å²) < 4.78 is 0. The largest absolute Gasteiger partial charge is 0.340 e. The molecular weight excluding hydrogens is 326 g/mol. The van der Waals surface area contributed by atoms with E-state index in [0.717, 1.165) is 32.8 Å². The predicted octanol–water partition coefficient (Wildman–Crippen LogP) is 5.76. The van der Waals surface area contributed by atoms with Gasteiger partial charge in [-0.2, -0.15) is 0 Å². The van der Waals surface area contributed by atoms with Crippen LogP contribution in [-0.2, 0) is 0 Å². The first kappa shape index (κ1) is 14.2. The van der Waals surface area contributed by atoms with Gasteiger partial charge in [0.05, 0.1) is 5.39 Å². The lowest BCUT2D eigenvalue weighted by atomic mass is 10.1. The number of fused-ring (bicyclic) bond motifs is 1. The smallest absolute Gasteiger partial charge is 0.143 e. The summed E-state index contributed by atoms with van der Waals surface area (Å²) in [6.45, 7) is 0. The highest BCUT2D eigenvalue weighted by molar-refractivity contribution is 7.17. The second-order valence-corrected chi connectivity index (χ2v) is 6.35. The van der Waals surface area contributed by atoms with Crippen LogP contribution in [0.15, 0.2) is 66.3 Å². The molecule has 0 saturated carbocycles. The van der Waals surface area contributed by atoms with Crippen LogP contribution in [0, 0.1) is 0 Å². The first-order chi connectivity index (χ1) is 11.3. The Kier molecular flexibility index (Phi) is 3.69. The van der Waals surface area contributed by atoms with Crippen LogP contribution in [-0.4, -0.2) is 9.97 Å². The standard InChI is InChI=1S/C18H12ClN3S/c19-13-7-4-8-14(9-13)22-17-16-15(12-5-2-1-3-6-12)10-23-18(16)21-11-20-17/h1-11H,(H,20,21,22). The molecule has 0 aliphatic heterocycles. The fraction of sp³-hybridized carbons (Fsp3) is 0. The highest BCUT2D eigenvalue weighted by Gasteiger charge is 2.13. The molecule has 0 aliphatic carbocycles. The maximum Gasteiger partial charge on any atom is 0.143 e. The van der Waals surface area contributed by atoms with Crippen LogP contribution >= 0.6 is 22.9 Å². The third-order valence-corrected chi connectivity index (χ3v) is 4.66. The summed E-state index contributed by atoms with van der Waals surface area (Å²) in [5, 5.41) is 7.20. The highest BCUT2D eigenvalue weighted by atomic mass is 35.5. The number of anilines is 2. The van der Waals surface area contributed by atoms with Crippen molar-refractivity contribution in [2.45, 2.75) is 0 Å². The van der Waals surface area contributed by atoms with Crippen LogP contribution in [0.3, 0.4) is 0 Å². The van der Waals surface area contributed by atoms with Crippen molar-refractivity contribution in [1.82, 2.24) is 9.97 Å². The molecule has 0 saturated heterocycles. The molecule has 0 unspecified atom stereocenters. The van der Waals surface area contributed by atoms with Crippen molar-refractivity contribution in [3.8, 4) is 11.1 Å². The molecule has 0 atom stereocenters. The quantitative estimate of drug-likeness (QED) is 0.516. The van der Waals surface area contributed by atoms with Crippen molar-refractivity contribution in [3.05, 3.63) is 71.3 Å². The summed E-state index contributed by atoms with van der Waals surface area (Å²) in [6, 6.07) is 17.9. The van der Waals surface area contributed by atoms with Gasteiger partial charge in [0.2, 0.25) is 0 Å². The molecule has 2 heterocycles. The molecule has 2 aromatic carbocycles. The Labute approximate surface area is 142 Å². The van der Waals surface area contributed by atoms with Gasteiger partial charge in [0.25, 0.3) is 0 Å². The highest BCUT2D eigenvalue weighted by Crippen LogP contribution is 2.37. The second kappa shape index (κ2) is 5.99. The van der Waals surface area contributed by atoms with E-state index in [-0.39, 0.29) is 0 Å². The number of nitrogens with zero attached hydrogens (tertiary/aromatic N) is 2. The number of benzene rings is 2. The molecule has 0 aliphatic rings. The first-order valence-corrected chi connectivity index (χ1v) is 8.37. The third-order valence-electron chi connectivity index (χ3n) is 3.54. The number of hydrogen-bond donors (Lipinski definition) is 1. The topological polar surface area (TPSA) is 37.8 Å². The molecule has 112 valence electrons. The van der Waals surface area contributed by atoms with E-state index in [1.165, 1.54) is 0 Å². The van der Waals surface area contributed by atoms with E-state index in [1.54, 1.807) is 17.7 Å². The van der Waals surface area contributed by atoms with E-state index in [2.05, 4.69) is 32.8 Å². The lowest BCUT2D eigenvalue weighted by Gasteiger charge is -2.08. The minimum Gasteiger partial charge on any atom is -0.340 e. The number of rotatable bonds is 3. The van der Waals surface area contributed by atoms with Crippen LogP contribution in [0.25, 0.3) is 21.3 Å².